The van der Waals surface area contributed by atoms with Gasteiger partial charge in [-0.25, -0.2) is 9.97 Å². The molecule has 4 heteroatoms. The SMILES string of the molecule is Cc1nc(CN)c2c(n1)CCSCC2. The molecule has 14 heavy (non-hydrogen) atoms. The maximum atomic E-state index is 5.70. The lowest BCUT2D eigenvalue weighted by Crippen LogP contribution is -2.11. The average molecular weight is 209 g/mol. The van der Waals surface area contributed by atoms with Crippen LogP contribution in [0.3, 0.4) is 0 Å². The lowest BCUT2D eigenvalue weighted by Gasteiger charge is -2.09. The lowest BCUT2D eigenvalue weighted by molar-refractivity contribution is 0.842. The second-order valence-electron chi connectivity index (χ2n) is 3.46. The number of nitrogens with two attached hydrogens (primary N) is 1. The van der Waals surface area contributed by atoms with Gasteiger partial charge in [0.1, 0.15) is 5.82 Å². The maximum Gasteiger partial charge on any atom is 0.125 e. The molecule has 0 saturated carbocycles. The minimum absolute atomic E-state index is 0.538. The molecule has 1 aromatic heterocycles. The third kappa shape index (κ3) is 1.91. The summed E-state index contributed by atoms with van der Waals surface area (Å²) in [6, 6.07) is 0. The van der Waals surface area contributed by atoms with Gasteiger partial charge >= 0.3 is 0 Å². The van der Waals surface area contributed by atoms with Crippen molar-refractivity contribution in [3.8, 4) is 0 Å². The van der Waals surface area contributed by atoms with Crippen LogP contribution in [-0.4, -0.2) is 21.5 Å². The molecular weight excluding hydrogens is 194 g/mol. The Hall–Kier alpha value is -0.610. The average Bonchev–Trinajstić information content (AvgIpc) is 2.41. The van der Waals surface area contributed by atoms with Crippen LogP contribution < -0.4 is 5.73 Å². The standard InChI is InChI=1S/C10H15N3S/c1-7-12-9-3-5-14-4-2-8(9)10(6-11)13-7/h2-6,11H2,1H3. The Morgan fingerprint density at radius 3 is 2.86 bits per heavy atom. The van der Waals surface area contributed by atoms with Crippen LogP contribution in [0.25, 0.3) is 0 Å². The normalized spacial score (nSPS) is 16.1. The van der Waals surface area contributed by atoms with Gasteiger partial charge < -0.3 is 5.73 Å². The van der Waals surface area contributed by atoms with E-state index in [4.69, 9.17) is 5.73 Å². The predicted octanol–water partition coefficient (Wildman–Crippen LogP) is 1.08. The molecule has 0 aliphatic carbocycles. The van der Waals surface area contributed by atoms with Crippen molar-refractivity contribution in [2.45, 2.75) is 26.3 Å². The highest BCUT2D eigenvalue weighted by Gasteiger charge is 2.14. The molecule has 1 aromatic rings. The summed E-state index contributed by atoms with van der Waals surface area (Å²) in [5.74, 6) is 3.20. The smallest absolute Gasteiger partial charge is 0.125 e. The third-order valence-electron chi connectivity index (χ3n) is 2.46. The molecule has 0 bridgehead atoms. The second kappa shape index (κ2) is 4.28. The van der Waals surface area contributed by atoms with Crippen molar-refractivity contribution in [2.24, 2.45) is 5.73 Å². The van der Waals surface area contributed by atoms with Crippen molar-refractivity contribution in [3.05, 3.63) is 22.8 Å². The minimum Gasteiger partial charge on any atom is -0.325 e. The van der Waals surface area contributed by atoms with E-state index in [0.717, 1.165) is 24.4 Å². The Morgan fingerprint density at radius 1 is 1.29 bits per heavy atom. The molecule has 2 rings (SSSR count). The number of aromatic nitrogens is 2. The lowest BCUT2D eigenvalue weighted by atomic mass is 10.1. The van der Waals surface area contributed by atoms with Gasteiger partial charge in [0.25, 0.3) is 0 Å². The molecular formula is C10H15N3S. The molecule has 0 amide bonds. The number of hydrogen-bond donors (Lipinski definition) is 1. The Bertz CT molecular complexity index is 338. The van der Waals surface area contributed by atoms with E-state index in [1.807, 2.05) is 18.7 Å². The molecule has 1 aliphatic rings. The maximum absolute atomic E-state index is 5.70. The summed E-state index contributed by atoms with van der Waals surface area (Å²) in [6.07, 6.45) is 2.14. The van der Waals surface area contributed by atoms with E-state index in [9.17, 15) is 0 Å². The predicted molar refractivity (Wildman–Crippen MR) is 59.4 cm³/mol. The molecule has 0 saturated heterocycles. The van der Waals surface area contributed by atoms with Crippen LogP contribution in [0.2, 0.25) is 0 Å². The van der Waals surface area contributed by atoms with Gasteiger partial charge in [-0.05, 0) is 36.8 Å². The first-order chi connectivity index (χ1) is 6.81. The highest BCUT2D eigenvalue weighted by molar-refractivity contribution is 7.99. The van der Waals surface area contributed by atoms with Crippen molar-refractivity contribution >= 4 is 11.8 Å². The van der Waals surface area contributed by atoms with E-state index in [-0.39, 0.29) is 0 Å². The number of rotatable bonds is 1. The molecule has 0 spiro atoms. The Morgan fingerprint density at radius 2 is 2.07 bits per heavy atom. The van der Waals surface area contributed by atoms with Crippen LogP contribution in [-0.2, 0) is 19.4 Å². The summed E-state index contributed by atoms with van der Waals surface area (Å²) >= 11 is 1.99. The van der Waals surface area contributed by atoms with Gasteiger partial charge in [0.05, 0.1) is 5.69 Å². The van der Waals surface area contributed by atoms with E-state index in [2.05, 4.69) is 9.97 Å². The minimum atomic E-state index is 0.538. The zero-order chi connectivity index (χ0) is 9.97. The fourth-order valence-electron chi connectivity index (χ4n) is 1.83. The molecule has 0 fully saturated rings. The summed E-state index contributed by atoms with van der Waals surface area (Å²) in [4.78, 5) is 8.90. The summed E-state index contributed by atoms with van der Waals surface area (Å²) in [5, 5.41) is 0. The van der Waals surface area contributed by atoms with Gasteiger partial charge in [-0.2, -0.15) is 11.8 Å². The van der Waals surface area contributed by atoms with Crippen LogP contribution in [0, 0.1) is 6.92 Å². The summed E-state index contributed by atoms with van der Waals surface area (Å²) in [7, 11) is 0. The number of thioether (sulfide) groups is 1. The van der Waals surface area contributed by atoms with Gasteiger partial charge in [0.2, 0.25) is 0 Å². The Kier molecular flexibility index (Phi) is 3.03. The quantitative estimate of drug-likeness (QED) is 0.752. The van der Waals surface area contributed by atoms with Crippen LogP contribution in [0.1, 0.15) is 22.8 Å². The molecule has 0 atom stereocenters. The Labute approximate surface area is 88.5 Å². The van der Waals surface area contributed by atoms with E-state index in [1.165, 1.54) is 22.8 Å². The largest absolute Gasteiger partial charge is 0.325 e. The van der Waals surface area contributed by atoms with Gasteiger partial charge in [0, 0.05) is 12.2 Å². The molecule has 0 radical (unpaired) electrons. The van der Waals surface area contributed by atoms with Crippen molar-refractivity contribution in [1.82, 2.24) is 9.97 Å². The van der Waals surface area contributed by atoms with Crippen molar-refractivity contribution in [2.75, 3.05) is 11.5 Å². The van der Waals surface area contributed by atoms with Crippen molar-refractivity contribution in [1.29, 1.82) is 0 Å². The summed E-state index contributed by atoms with van der Waals surface area (Å²) in [6.45, 7) is 2.48. The zero-order valence-corrected chi connectivity index (χ0v) is 9.23. The van der Waals surface area contributed by atoms with Crippen LogP contribution in [0.15, 0.2) is 0 Å². The first kappa shape index (κ1) is 9.93. The molecule has 76 valence electrons. The van der Waals surface area contributed by atoms with Crippen molar-refractivity contribution in [3.63, 3.8) is 0 Å². The summed E-state index contributed by atoms with van der Waals surface area (Å²) < 4.78 is 0. The zero-order valence-electron chi connectivity index (χ0n) is 8.42. The van der Waals surface area contributed by atoms with Crippen LogP contribution in [0.4, 0.5) is 0 Å². The molecule has 2 N–H and O–H groups in total. The highest BCUT2D eigenvalue weighted by Crippen LogP contribution is 2.20. The number of nitrogens with zero attached hydrogens (tertiary/aromatic N) is 2. The van der Waals surface area contributed by atoms with E-state index in [0.29, 0.717) is 6.54 Å². The first-order valence-corrected chi connectivity index (χ1v) is 6.10. The molecule has 2 heterocycles. The van der Waals surface area contributed by atoms with Gasteiger partial charge in [-0.15, -0.1) is 0 Å². The Balaban J connectivity index is 2.46. The van der Waals surface area contributed by atoms with E-state index < -0.39 is 0 Å². The topological polar surface area (TPSA) is 51.8 Å². The number of hydrogen-bond acceptors (Lipinski definition) is 4. The molecule has 0 unspecified atom stereocenters. The van der Waals surface area contributed by atoms with E-state index >= 15 is 0 Å². The fraction of sp³-hybridized carbons (Fsp3) is 0.600. The molecule has 3 nitrogen and oxygen atoms in total. The van der Waals surface area contributed by atoms with Crippen molar-refractivity contribution < 1.29 is 0 Å². The fourth-order valence-corrected chi connectivity index (χ4v) is 2.72. The monoisotopic (exact) mass is 209 g/mol. The van der Waals surface area contributed by atoms with Crippen LogP contribution >= 0.6 is 11.8 Å². The van der Waals surface area contributed by atoms with Gasteiger partial charge in [-0.1, -0.05) is 0 Å². The summed E-state index contributed by atoms with van der Waals surface area (Å²) in [5.41, 5.74) is 9.28. The first-order valence-electron chi connectivity index (χ1n) is 4.94. The number of fused-ring (bicyclic) bond motifs is 1. The second-order valence-corrected chi connectivity index (χ2v) is 4.68. The number of aryl methyl sites for hydroxylation is 2. The van der Waals surface area contributed by atoms with Crippen LogP contribution in [0.5, 0.6) is 0 Å². The van der Waals surface area contributed by atoms with Gasteiger partial charge in [-0.3, -0.25) is 0 Å². The molecule has 0 aromatic carbocycles. The van der Waals surface area contributed by atoms with E-state index in [1.54, 1.807) is 0 Å². The van der Waals surface area contributed by atoms with Gasteiger partial charge in [0.15, 0.2) is 0 Å². The highest BCUT2D eigenvalue weighted by atomic mass is 32.2. The molecule has 1 aliphatic heterocycles. The third-order valence-corrected chi connectivity index (χ3v) is 3.45.